The van der Waals surface area contributed by atoms with Crippen LogP contribution < -0.4 is 10.6 Å². The van der Waals surface area contributed by atoms with Crippen LogP contribution in [0.2, 0.25) is 0 Å². The van der Waals surface area contributed by atoms with Crippen LogP contribution in [0.1, 0.15) is 106 Å². The number of anilines is 1. The lowest BCUT2D eigenvalue weighted by molar-refractivity contribution is -0.125. The molecular formula is C27H40N6O2S. The van der Waals surface area contributed by atoms with Crippen LogP contribution in [0.25, 0.3) is 0 Å². The largest absolute Gasteiger partial charge is 0.348 e. The fourth-order valence-electron chi connectivity index (χ4n) is 6.77. The van der Waals surface area contributed by atoms with E-state index >= 15 is 0 Å². The fourth-order valence-corrected chi connectivity index (χ4v) is 7.72. The van der Waals surface area contributed by atoms with Crippen LogP contribution in [0.15, 0.2) is 12.1 Å². The summed E-state index contributed by atoms with van der Waals surface area (Å²) in [6.07, 6.45) is 10.7. The lowest BCUT2D eigenvalue weighted by Crippen LogP contribution is -2.45. The zero-order valence-corrected chi connectivity index (χ0v) is 22.6. The molecule has 5 rings (SSSR count). The fraction of sp³-hybridized carbons (Fsp3) is 0.704. The molecule has 3 fully saturated rings. The molecule has 2 aromatic heterocycles. The van der Waals surface area contributed by atoms with E-state index in [1.54, 1.807) is 11.3 Å². The van der Waals surface area contributed by atoms with Gasteiger partial charge in [-0.1, -0.05) is 26.7 Å². The summed E-state index contributed by atoms with van der Waals surface area (Å²) < 4.78 is 2.41. The van der Waals surface area contributed by atoms with E-state index < -0.39 is 0 Å². The minimum absolute atomic E-state index is 0.0185. The van der Waals surface area contributed by atoms with Crippen LogP contribution in [0.5, 0.6) is 0 Å². The molecule has 0 radical (unpaired) electrons. The van der Waals surface area contributed by atoms with Gasteiger partial charge in [-0.2, -0.15) is 0 Å². The molecule has 0 spiro atoms. The smallest absolute Gasteiger partial charge is 0.223 e. The van der Waals surface area contributed by atoms with Gasteiger partial charge in [0.2, 0.25) is 12.3 Å². The first-order valence-corrected chi connectivity index (χ1v) is 14.5. The first-order chi connectivity index (χ1) is 17.4. The van der Waals surface area contributed by atoms with Crippen LogP contribution in [-0.2, 0) is 9.59 Å². The van der Waals surface area contributed by atoms with Gasteiger partial charge in [-0.3, -0.25) is 14.5 Å². The molecule has 4 heterocycles. The number of nitrogens with one attached hydrogen (secondary N) is 2. The number of fused-ring (bicyclic) bond motifs is 2. The third-order valence-electron chi connectivity index (χ3n) is 8.52. The molecule has 1 saturated carbocycles. The van der Waals surface area contributed by atoms with Crippen molar-refractivity contribution in [2.24, 2.45) is 5.92 Å². The predicted octanol–water partition coefficient (Wildman–Crippen LogP) is 4.95. The van der Waals surface area contributed by atoms with E-state index in [-0.39, 0.29) is 17.9 Å². The van der Waals surface area contributed by atoms with Gasteiger partial charge in [0, 0.05) is 41.4 Å². The number of piperidine rings is 1. The molecule has 2 saturated heterocycles. The number of hydrogen-bond acceptors (Lipinski definition) is 6. The second-order valence-corrected chi connectivity index (χ2v) is 12.3. The van der Waals surface area contributed by atoms with Crippen molar-refractivity contribution in [3.63, 3.8) is 0 Å². The quantitative estimate of drug-likeness (QED) is 0.440. The Kier molecular flexibility index (Phi) is 7.76. The van der Waals surface area contributed by atoms with Gasteiger partial charge >= 0.3 is 0 Å². The summed E-state index contributed by atoms with van der Waals surface area (Å²) >= 11 is 1.57. The Hall–Kier alpha value is -2.26. The van der Waals surface area contributed by atoms with E-state index in [9.17, 15) is 9.59 Å². The number of aryl methyl sites for hydroxylation is 1. The van der Waals surface area contributed by atoms with Crippen molar-refractivity contribution >= 4 is 28.7 Å². The van der Waals surface area contributed by atoms with Crippen LogP contribution in [0.4, 0.5) is 5.00 Å². The van der Waals surface area contributed by atoms with Crippen molar-refractivity contribution in [2.45, 2.75) is 109 Å². The SMILES string of the molecule is Cc1nnc(C(C)C)n1C1CC2CCC(C1)N2CC[C@H](NC(=O)C1CCCC1)c1ccc(NC=O)s1. The molecule has 9 heteroatoms. The van der Waals surface area contributed by atoms with Gasteiger partial charge in [-0.15, -0.1) is 21.5 Å². The standard InChI is InChI=1S/C27H40N6O2S/c1-17(2)26-31-30-18(3)33(26)22-14-20-8-9-21(15-22)32(20)13-12-23(24-10-11-25(36-24)28-16-34)29-27(35)19-6-4-5-7-19/h10-11,16-17,19-23H,4-9,12-15H2,1-3H3,(H,28,34)(H,29,35)/t20?,21?,22?,23-/m0/s1. The third kappa shape index (κ3) is 5.23. The highest BCUT2D eigenvalue weighted by Gasteiger charge is 2.42. The number of nitrogens with zero attached hydrogens (tertiary/aromatic N) is 4. The number of carbonyl (C=O) groups excluding carboxylic acids is 2. The summed E-state index contributed by atoms with van der Waals surface area (Å²) in [4.78, 5) is 27.8. The minimum atomic E-state index is -0.0185. The van der Waals surface area contributed by atoms with Crippen LogP contribution >= 0.6 is 11.3 Å². The van der Waals surface area contributed by atoms with E-state index in [2.05, 4.69) is 57.1 Å². The maximum absolute atomic E-state index is 13.0. The molecule has 3 atom stereocenters. The summed E-state index contributed by atoms with van der Waals surface area (Å²) in [6.45, 7) is 7.46. The van der Waals surface area contributed by atoms with Gasteiger partial charge < -0.3 is 15.2 Å². The van der Waals surface area contributed by atoms with E-state index in [0.29, 0.717) is 30.5 Å². The zero-order valence-electron chi connectivity index (χ0n) is 21.8. The van der Waals surface area contributed by atoms with Crippen LogP contribution in [-0.4, -0.2) is 50.6 Å². The van der Waals surface area contributed by atoms with Gasteiger partial charge in [-0.05, 0) is 64.0 Å². The number of thiophene rings is 1. The summed E-state index contributed by atoms with van der Waals surface area (Å²) in [5, 5.41) is 15.9. The Balaban J connectivity index is 1.27. The van der Waals surface area contributed by atoms with Crippen LogP contribution in [0.3, 0.4) is 0 Å². The summed E-state index contributed by atoms with van der Waals surface area (Å²) in [5.41, 5.74) is 0. The van der Waals surface area contributed by atoms with Crippen molar-refractivity contribution in [1.82, 2.24) is 25.0 Å². The highest BCUT2D eigenvalue weighted by Crippen LogP contribution is 2.43. The highest BCUT2D eigenvalue weighted by molar-refractivity contribution is 7.16. The minimum Gasteiger partial charge on any atom is -0.348 e. The van der Waals surface area contributed by atoms with Crippen molar-refractivity contribution in [2.75, 3.05) is 11.9 Å². The zero-order chi connectivity index (χ0) is 25.2. The van der Waals surface area contributed by atoms with E-state index in [1.807, 2.05) is 6.07 Å². The lowest BCUT2D eigenvalue weighted by Gasteiger charge is -2.40. The Bertz CT molecular complexity index is 1040. The molecule has 2 aromatic rings. The number of carbonyl (C=O) groups is 2. The molecule has 196 valence electrons. The summed E-state index contributed by atoms with van der Waals surface area (Å²) in [7, 11) is 0. The van der Waals surface area contributed by atoms with Gasteiger partial charge in [0.05, 0.1) is 11.0 Å². The molecule has 8 nitrogen and oxygen atoms in total. The Morgan fingerprint density at radius 3 is 2.50 bits per heavy atom. The van der Waals surface area contributed by atoms with Gasteiger partial charge in [0.15, 0.2) is 0 Å². The van der Waals surface area contributed by atoms with Gasteiger partial charge in [-0.25, -0.2) is 0 Å². The van der Waals surface area contributed by atoms with Crippen molar-refractivity contribution in [3.8, 4) is 0 Å². The maximum Gasteiger partial charge on any atom is 0.223 e. The topological polar surface area (TPSA) is 92.2 Å². The molecule has 2 unspecified atom stereocenters. The molecule has 0 aromatic carbocycles. The average molecular weight is 513 g/mol. The lowest BCUT2D eigenvalue weighted by atomic mass is 9.95. The average Bonchev–Trinajstić information content (AvgIpc) is 3.64. The molecule has 2 N–H and O–H groups in total. The van der Waals surface area contributed by atoms with E-state index in [1.165, 1.54) is 12.8 Å². The number of rotatable bonds is 10. The Labute approximate surface area is 218 Å². The number of aromatic nitrogens is 3. The molecule has 2 bridgehead atoms. The Morgan fingerprint density at radius 2 is 1.83 bits per heavy atom. The van der Waals surface area contributed by atoms with Crippen molar-refractivity contribution in [3.05, 3.63) is 28.7 Å². The normalized spacial score (nSPS) is 25.4. The first kappa shape index (κ1) is 25.4. The van der Waals surface area contributed by atoms with Crippen LogP contribution in [0, 0.1) is 12.8 Å². The Morgan fingerprint density at radius 1 is 1.11 bits per heavy atom. The monoisotopic (exact) mass is 512 g/mol. The van der Waals surface area contributed by atoms with Gasteiger partial charge in [0.25, 0.3) is 0 Å². The number of amides is 2. The van der Waals surface area contributed by atoms with Crippen molar-refractivity contribution < 1.29 is 9.59 Å². The molecule has 36 heavy (non-hydrogen) atoms. The molecule has 3 aliphatic rings. The predicted molar refractivity (Wildman–Crippen MR) is 142 cm³/mol. The van der Waals surface area contributed by atoms with Gasteiger partial charge in [0.1, 0.15) is 11.6 Å². The van der Waals surface area contributed by atoms with Crippen molar-refractivity contribution in [1.29, 1.82) is 0 Å². The molecule has 2 aliphatic heterocycles. The van der Waals surface area contributed by atoms with E-state index in [4.69, 9.17) is 0 Å². The molecule has 1 aliphatic carbocycles. The van der Waals surface area contributed by atoms with E-state index in [0.717, 1.165) is 73.0 Å². The second kappa shape index (κ2) is 11.0. The molecule has 2 amide bonds. The molecular weight excluding hydrogens is 472 g/mol. The second-order valence-electron chi connectivity index (χ2n) is 11.2. The maximum atomic E-state index is 13.0. The number of hydrogen-bond donors (Lipinski definition) is 2. The third-order valence-corrected chi connectivity index (χ3v) is 9.65. The summed E-state index contributed by atoms with van der Waals surface area (Å²) in [6, 6.07) is 5.58. The summed E-state index contributed by atoms with van der Waals surface area (Å²) in [5.74, 6) is 2.85. The highest BCUT2D eigenvalue weighted by atomic mass is 32.1. The first-order valence-electron chi connectivity index (χ1n) is 13.7.